The van der Waals surface area contributed by atoms with Gasteiger partial charge in [-0.1, -0.05) is 6.92 Å². The fourth-order valence-electron chi connectivity index (χ4n) is 5.13. The van der Waals surface area contributed by atoms with E-state index in [4.69, 9.17) is 4.74 Å². The Kier molecular flexibility index (Phi) is 8.99. The fraction of sp³-hybridized carbons (Fsp3) is 0.379. The second-order valence-electron chi connectivity index (χ2n) is 10.1. The van der Waals surface area contributed by atoms with E-state index >= 15 is 0 Å². The number of aromatic nitrogens is 1. The highest BCUT2D eigenvalue weighted by atomic mass is 19.4. The van der Waals surface area contributed by atoms with Crippen LogP contribution >= 0.6 is 0 Å². The van der Waals surface area contributed by atoms with Crippen LogP contribution in [0.1, 0.15) is 66.1 Å². The maximum absolute atomic E-state index is 13.7. The molecule has 0 bridgehead atoms. The molecule has 4 rings (SSSR count). The molecule has 1 aromatic heterocycles. The average Bonchev–Trinajstić information content (AvgIpc) is 2.92. The molecule has 15 heteroatoms. The number of carbonyl (C=O) groups excluding carboxylic acids is 1. The van der Waals surface area contributed by atoms with Gasteiger partial charge in [-0.25, -0.2) is 9.78 Å². The van der Waals surface area contributed by atoms with E-state index in [-0.39, 0.29) is 41.7 Å². The maximum Gasteiger partial charge on any atom is 0.416 e. The number of ether oxygens (including phenoxy) is 1. The summed E-state index contributed by atoms with van der Waals surface area (Å²) in [4.78, 5) is 18.1. The van der Waals surface area contributed by atoms with Crippen molar-refractivity contribution in [2.24, 2.45) is 0 Å². The molecular weight excluding hydrogens is 609 g/mol. The molecule has 0 fully saturated rings. The largest absolute Gasteiger partial charge is 0.506 e. The van der Waals surface area contributed by atoms with Crippen LogP contribution in [-0.4, -0.2) is 28.8 Å². The summed E-state index contributed by atoms with van der Waals surface area (Å²) in [6.45, 7) is 3.33. The highest BCUT2D eigenvalue weighted by Crippen LogP contribution is 2.44. The monoisotopic (exact) mass is 635 g/mol. The van der Waals surface area contributed by atoms with Crippen LogP contribution in [0.15, 0.2) is 48.7 Å². The van der Waals surface area contributed by atoms with Crippen LogP contribution in [-0.2, 0) is 29.7 Å². The molecular formula is C29H26F9N3O3. The van der Waals surface area contributed by atoms with Crippen LogP contribution < -0.4 is 10.2 Å². The van der Waals surface area contributed by atoms with Gasteiger partial charge in [0.2, 0.25) is 0 Å². The van der Waals surface area contributed by atoms with Gasteiger partial charge < -0.3 is 15.2 Å². The van der Waals surface area contributed by atoms with Crippen LogP contribution in [0, 0.1) is 0 Å². The van der Waals surface area contributed by atoms with Crippen LogP contribution in [0.4, 0.5) is 55.8 Å². The molecule has 0 radical (unpaired) electrons. The van der Waals surface area contributed by atoms with Crippen LogP contribution in [0.3, 0.4) is 0 Å². The van der Waals surface area contributed by atoms with Crippen molar-refractivity contribution in [2.75, 3.05) is 16.8 Å². The van der Waals surface area contributed by atoms with Gasteiger partial charge in [0.05, 0.1) is 41.2 Å². The SMILES string of the molecule is CCOC(=O)N1c2ccc(C(F)(F)F)cc2[C@@H](Nc2ncc(O)cc2Cc2cc(C(F)(F)F)cc(C(F)(F)F)c2)C[C@H]1CC. The minimum atomic E-state index is -5.09. The lowest BCUT2D eigenvalue weighted by atomic mass is 9.88. The number of halogens is 9. The minimum Gasteiger partial charge on any atom is -0.506 e. The number of nitrogens with zero attached hydrogens (tertiary/aromatic N) is 2. The van der Waals surface area contributed by atoms with Crippen molar-refractivity contribution in [3.8, 4) is 5.75 Å². The van der Waals surface area contributed by atoms with Gasteiger partial charge in [0.15, 0.2) is 0 Å². The van der Waals surface area contributed by atoms with Gasteiger partial charge in [-0.3, -0.25) is 4.90 Å². The Morgan fingerprint density at radius 2 is 1.55 bits per heavy atom. The van der Waals surface area contributed by atoms with Crippen molar-refractivity contribution >= 4 is 17.6 Å². The van der Waals surface area contributed by atoms with Gasteiger partial charge in [0.1, 0.15) is 11.6 Å². The number of carbonyl (C=O) groups is 1. The first-order valence-electron chi connectivity index (χ1n) is 13.3. The Bertz CT molecular complexity index is 1490. The molecule has 3 aromatic rings. The van der Waals surface area contributed by atoms with Gasteiger partial charge in [0.25, 0.3) is 0 Å². The molecule has 2 atom stereocenters. The molecule has 1 amide bonds. The molecule has 44 heavy (non-hydrogen) atoms. The van der Waals surface area contributed by atoms with Crippen molar-refractivity contribution in [1.29, 1.82) is 0 Å². The van der Waals surface area contributed by atoms with Crippen molar-refractivity contribution < 1.29 is 54.2 Å². The molecule has 2 heterocycles. The molecule has 0 unspecified atom stereocenters. The summed E-state index contributed by atoms with van der Waals surface area (Å²) in [5.41, 5.74) is -4.33. The number of alkyl halides is 9. The Balaban J connectivity index is 1.80. The number of amides is 1. The number of benzene rings is 2. The summed E-state index contributed by atoms with van der Waals surface area (Å²) in [5, 5.41) is 13.0. The minimum absolute atomic E-state index is 0.00972. The molecule has 238 valence electrons. The predicted molar refractivity (Wildman–Crippen MR) is 141 cm³/mol. The summed E-state index contributed by atoms with van der Waals surface area (Å²) in [6.07, 6.45) is -14.9. The first-order chi connectivity index (χ1) is 20.4. The molecule has 1 aliphatic heterocycles. The fourth-order valence-corrected chi connectivity index (χ4v) is 5.13. The topological polar surface area (TPSA) is 74.7 Å². The van der Waals surface area contributed by atoms with E-state index in [1.807, 2.05) is 0 Å². The normalized spacial score (nSPS) is 17.3. The van der Waals surface area contributed by atoms with E-state index < -0.39 is 71.1 Å². The van der Waals surface area contributed by atoms with Gasteiger partial charge in [-0.15, -0.1) is 0 Å². The molecule has 2 aromatic carbocycles. The van der Waals surface area contributed by atoms with Crippen LogP contribution in [0.2, 0.25) is 0 Å². The van der Waals surface area contributed by atoms with E-state index in [9.17, 15) is 49.4 Å². The van der Waals surface area contributed by atoms with Crippen molar-refractivity contribution in [3.05, 3.63) is 82.0 Å². The second kappa shape index (κ2) is 12.1. The van der Waals surface area contributed by atoms with Gasteiger partial charge in [0, 0.05) is 18.0 Å². The smallest absolute Gasteiger partial charge is 0.416 e. The summed E-state index contributed by atoms with van der Waals surface area (Å²) in [6, 6.07) is 3.46. The predicted octanol–water partition coefficient (Wildman–Crippen LogP) is 8.73. The third-order valence-electron chi connectivity index (χ3n) is 7.10. The second-order valence-corrected chi connectivity index (χ2v) is 10.1. The number of fused-ring (bicyclic) bond motifs is 1. The highest BCUT2D eigenvalue weighted by Gasteiger charge is 2.40. The van der Waals surface area contributed by atoms with Gasteiger partial charge in [-0.05, 0) is 73.4 Å². The standard InChI is InChI=1S/C29H26F9N3O3/c1-3-20-13-23(22-12-17(27(30,31)32)5-6-24(22)41(20)26(43)44-4-2)40-25-16(10-21(42)14-39-25)7-15-8-18(28(33,34)35)11-19(9-15)29(36,37)38/h5-6,8-12,14,20,23,42H,3-4,7,13H2,1-2H3,(H,39,40)/t20-,23+/m1/s1. The van der Waals surface area contributed by atoms with Crippen molar-refractivity contribution in [1.82, 2.24) is 4.98 Å². The molecule has 2 N–H and O–H groups in total. The number of anilines is 2. The van der Waals surface area contributed by atoms with Crippen molar-refractivity contribution in [2.45, 2.75) is 63.7 Å². The van der Waals surface area contributed by atoms with Gasteiger partial charge >= 0.3 is 24.6 Å². The maximum atomic E-state index is 13.7. The molecule has 0 spiro atoms. The molecule has 0 saturated heterocycles. The zero-order chi connectivity index (χ0) is 32.6. The van der Waals surface area contributed by atoms with E-state index in [0.717, 1.165) is 30.5 Å². The lowest BCUT2D eigenvalue weighted by Crippen LogP contribution is -2.46. The zero-order valence-electron chi connectivity index (χ0n) is 23.2. The third kappa shape index (κ3) is 7.13. The number of rotatable bonds is 6. The van der Waals surface area contributed by atoms with Crippen molar-refractivity contribution in [3.63, 3.8) is 0 Å². The Morgan fingerprint density at radius 3 is 2.09 bits per heavy atom. The van der Waals surface area contributed by atoms with E-state index in [1.54, 1.807) is 13.8 Å². The molecule has 1 aliphatic rings. The quantitative estimate of drug-likeness (QED) is 0.265. The number of aromatic hydroxyl groups is 1. The third-order valence-corrected chi connectivity index (χ3v) is 7.10. The first-order valence-corrected chi connectivity index (χ1v) is 13.3. The number of hydrogen-bond donors (Lipinski definition) is 2. The van der Waals surface area contributed by atoms with Crippen LogP contribution in [0.5, 0.6) is 5.75 Å². The summed E-state index contributed by atoms with van der Waals surface area (Å²) < 4.78 is 127. The van der Waals surface area contributed by atoms with E-state index in [0.29, 0.717) is 18.6 Å². The summed E-state index contributed by atoms with van der Waals surface area (Å²) in [7, 11) is 0. The van der Waals surface area contributed by atoms with E-state index in [1.165, 1.54) is 4.90 Å². The first kappa shape index (κ1) is 32.7. The Morgan fingerprint density at radius 1 is 0.932 bits per heavy atom. The van der Waals surface area contributed by atoms with Crippen LogP contribution in [0.25, 0.3) is 0 Å². The Hall–Kier alpha value is -4.17. The molecule has 6 nitrogen and oxygen atoms in total. The lowest BCUT2D eigenvalue weighted by Gasteiger charge is -2.40. The summed E-state index contributed by atoms with van der Waals surface area (Å²) >= 11 is 0. The van der Waals surface area contributed by atoms with Gasteiger partial charge in [-0.2, -0.15) is 39.5 Å². The number of pyridine rings is 1. The highest BCUT2D eigenvalue weighted by molar-refractivity contribution is 5.90. The number of hydrogen-bond acceptors (Lipinski definition) is 5. The van der Waals surface area contributed by atoms with E-state index in [2.05, 4.69) is 10.3 Å². The number of nitrogens with one attached hydrogen (secondary N) is 1. The lowest BCUT2D eigenvalue weighted by molar-refractivity contribution is -0.143. The molecule has 0 saturated carbocycles. The Labute approximate surface area is 245 Å². The summed E-state index contributed by atoms with van der Waals surface area (Å²) in [5.74, 6) is -0.543. The zero-order valence-corrected chi connectivity index (χ0v) is 23.2. The molecule has 0 aliphatic carbocycles. The average molecular weight is 636 g/mol.